The quantitative estimate of drug-likeness (QED) is 0.748. The van der Waals surface area contributed by atoms with Crippen LogP contribution in [0.4, 0.5) is 0 Å². The van der Waals surface area contributed by atoms with Gasteiger partial charge in [-0.05, 0) is 39.9 Å². The van der Waals surface area contributed by atoms with Crippen LogP contribution in [0.3, 0.4) is 0 Å². The summed E-state index contributed by atoms with van der Waals surface area (Å²) in [6.45, 7) is 5.66. The Morgan fingerprint density at radius 2 is 1.96 bits per heavy atom. The van der Waals surface area contributed by atoms with E-state index in [0.717, 1.165) is 17.5 Å². The van der Waals surface area contributed by atoms with Crippen LogP contribution in [0.15, 0.2) is 21.9 Å². The van der Waals surface area contributed by atoms with Crippen LogP contribution in [0.25, 0.3) is 11.0 Å². The molecule has 0 fully saturated rings. The van der Waals surface area contributed by atoms with Gasteiger partial charge < -0.3 is 10.2 Å². The summed E-state index contributed by atoms with van der Waals surface area (Å²) >= 11 is 0. The number of nitrogens with one attached hydrogen (secondary N) is 1. The molecule has 0 aliphatic rings. The minimum atomic E-state index is -0.459. The number of carbonyl (C=O) groups excluding carboxylic acids is 1. The molecule has 2 aromatic heterocycles. The minimum Gasteiger partial charge on any atom is -0.352 e. The van der Waals surface area contributed by atoms with Crippen molar-refractivity contribution < 1.29 is 4.79 Å². The predicted octanol–water partition coefficient (Wildman–Crippen LogP) is 0.0923. The zero-order valence-electron chi connectivity index (χ0n) is 15.4. The molecule has 1 N–H and O–H groups in total. The smallest absolute Gasteiger partial charge is 0.332 e. The fraction of sp³-hybridized carbons (Fsp3) is 0.529. The average molecular weight is 347 g/mol. The molecule has 0 spiro atoms. The second-order valence-corrected chi connectivity index (χ2v) is 6.48. The fourth-order valence-electron chi connectivity index (χ4n) is 2.48. The molecule has 0 atom stereocenters. The Morgan fingerprint density at radius 3 is 2.60 bits per heavy atom. The van der Waals surface area contributed by atoms with E-state index in [1.165, 1.54) is 23.9 Å². The first-order valence-electron chi connectivity index (χ1n) is 8.28. The molecule has 136 valence electrons. The summed E-state index contributed by atoms with van der Waals surface area (Å²) in [6, 6.07) is 1.95. The van der Waals surface area contributed by atoms with E-state index in [1.54, 1.807) is 7.05 Å². The van der Waals surface area contributed by atoms with Gasteiger partial charge in [0.1, 0.15) is 5.65 Å². The Labute approximate surface area is 146 Å². The number of amides is 1. The summed E-state index contributed by atoms with van der Waals surface area (Å²) in [5.41, 5.74) is -0.334. The number of hydrogen-bond acceptors (Lipinski definition) is 5. The highest BCUT2D eigenvalue weighted by Gasteiger charge is 2.13. The lowest BCUT2D eigenvalue weighted by Gasteiger charge is -2.20. The van der Waals surface area contributed by atoms with Crippen molar-refractivity contribution >= 4 is 16.9 Å². The van der Waals surface area contributed by atoms with E-state index in [4.69, 9.17) is 0 Å². The van der Waals surface area contributed by atoms with E-state index >= 15 is 0 Å². The summed E-state index contributed by atoms with van der Waals surface area (Å²) in [7, 11) is 4.99. The Kier molecular flexibility index (Phi) is 5.73. The maximum atomic E-state index is 12.3. The lowest BCUT2D eigenvalue weighted by atomic mass is 10.2. The predicted molar refractivity (Wildman–Crippen MR) is 96.9 cm³/mol. The van der Waals surface area contributed by atoms with Crippen LogP contribution in [-0.4, -0.2) is 51.1 Å². The van der Waals surface area contributed by atoms with Gasteiger partial charge in [0, 0.05) is 32.9 Å². The largest absolute Gasteiger partial charge is 0.352 e. The number of aromatic nitrogens is 3. The summed E-state index contributed by atoms with van der Waals surface area (Å²) in [4.78, 5) is 42.7. The number of nitrogens with zero attached hydrogens (tertiary/aromatic N) is 4. The van der Waals surface area contributed by atoms with Gasteiger partial charge in [-0.15, -0.1) is 0 Å². The van der Waals surface area contributed by atoms with Gasteiger partial charge in [0.2, 0.25) is 0 Å². The average Bonchev–Trinajstić information content (AvgIpc) is 2.60. The van der Waals surface area contributed by atoms with Gasteiger partial charge >= 0.3 is 5.69 Å². The van der Waals surface area contributed by atoms with Crippen molar-refractivity contribution in [1.29, 1.82) is 0 Å². The molecule has 1 amide bonds. The molecule has 0 unspecified atom stereocenters. The molecular formula is C17H25N5O3. The van der Waals surface area contributed by atoms with Crippen molar-refractivity contribution in [3.05, 3.63) is 38.7 Å². The van der Waals surface area contributed by atoms with Crippen LogP contribution in [0, 0.1) is 0 Å². The van der Waals surface area contributed by atoms with Crippen LogP contribution in [0.1, 0.15) is 30.6 Å². The Balaban J connectivity index is 2.15. The van der Waals surface area contributed by atoms with Gasteiger partial charge in [-0.2, -0.15) is 0 Å². The molecule has 0 radical (unpaired) electrons. The number of pyridine rings is 1. The van der Waals surface area contributed by atoms with Crippen molar-refractivity contribution in [2.45, 2.75) is 26.3 Å². The third-order valence-corrected chi connectivity index (χ3v) is 4.41. The van der Waals surface area contributed by atoms with Gasteiger partial charge in [0.05, 0.1) is 10.9 Å². The van der Waals surface area contributed by atoms with Crippen LogP contribution < -0.4 is 16.6 Å². The zero-order valence-corrected chi connectivity index (χ0v) is 15.4. The molecule has 2 rings (SSSR count). The second-order valence-electron chi connectivity index (χ2n) is 6.48. The van der Waals surface area contributed by atoms with Gasteiger partial charge in [-0.25, -0.2) is 9.78 Å². The molecule has 0 aromatic carbocycles. The molecule has 25 heavy (non-hydrogen) atoms. The first-order chi connectivity index (χ1) is 11.7. The normalized spacial score (nSPS) is 11.5. The van der Waals surface area contributed by atoms with Crippen LogP contribution >= 0.6 is 0 Å². The molecule has 0 aliphatic heterocycles. The first-order valence-corrected chi connectivity index (χ1v) is 8.28. The SMILES string of the molecule is CC(C)N(C)CCCNC(=O)c1cnc2c(c1)c(=O)n(C)c(=O)n2C. The third-order valence-electron chi connectivity index (χ3n) is 4.41. The maximum absolute atomic E-state index is 12.3. The zero-order chi connectivity index (χ0) is 18.7. The fourth-order valence-corrected chi connectivity index (χ4v) is 2.48. The highest BCUT2D eigenvalue weighted by molar-refractivity contribution is 5.96. The van der Waals surface area contributed by atoms with E-state index in [0.29, 0.717) is 18.2 Å². The molecule has 0 bridgehead atoms. The summed E-state index contributed by atoms with van der Waals surface area (Å²) in [5, 5.41) is 3.08. The van der Waals surface area contributed by atoms with Crippen LogP contribution in [-0.2, 0) is 14.1 Å². The van der Waals surface area contributed by atoms with E-state index in [9.17, 15) is 14.4 Å². The highest BCUT2D eigenvalue weighted by atomic mass is 16.2. The van der Waals surface area contributed by atoms with Crippen molar-refractivity contribution in [2.75, 3.05) is 20.1 Å². The van der Waals surface area contributed by atoms with Crippen molar-refractivity contribution in [1.82, 2.24) is 24.3 Å². The van der Waals surface area contributed by atoms with Crippen LogP contribution in [0.2, 0.25) is 0 Å². The Bertz CT molecular complexity index is 898. The second kappa shape index (κ2) is 7.60. The molecule has 8 nitrogen and oxygen atoms in total. The molecule has 0 saturated heterocycles. The molecule has 0 saturated carbocycles. The number of carbonyl (C=O) groups is 1. The molecular weight excluding hydrogens is 322 g/mol. The summed E-state index contributed by atoms with van der Waals surface area (Å²) in [5.74, 6) is -0.280. The molecule has 8 heteroatoms. The molecule has 0 aliphatic carbocycles. The van der Waals surface area contributed by atoms with Gasteiger partial charge in [0.25, 0.3) is 11.5 Å². The molecule has 2 heterocycles. The molecule has 2 aromatic rings. The summed E-state index contributed by atoms with van der Waals surface area (Å²) < 4.78 is 2.30. The summed E-state index contributed by atoms with van der Waals surface area (Å²) in [6.07, 6.45) is 2.22. The Hall–Kier alpha value is -2.48. The topological polar surface area (TPSA) is 89.2 Å². The maximum Gasteiger partial charge on any atom is 0.332 e. The first kappa shape index (κ1) is 18.9. The third kappa shape index (κ3) is 3.96. The minimum absolute atomic E-state index is 0.247. The van der Waals surface area contributed by atoms with Crippen molar-refractivity contribution in [3.63, 3.8) is 0 Å². The van der Waals surface area contributed by atoms with Crippen molar-refractivity contribution in [3.8, 4) is 0 Å². The van der Waals surface area contributed by atoms with Crippen molar-refractivity contribution in [2.24, 2.45) is 14.1 Å². The van der Waals surface area contributed by atoms with E-state index in [1.807, 2.05) is 7.05 Å². The van der Waals surface area contributed by atoms with E-state index in [2.05, 4.69) is 29.0 Å². The van der Waals surface area contributed by atoms with Crippen LogP contribution in [0.5, 0.6) is 0 Å². The monoisotopic (exact) mass is 347 g/mol. The van der Waals surface area contributed by atoms with E-state index < -0.39 is 11.2 Å². The van der Waals surface area contributed by atoms with Gasteiger partial charge in [-0.1, -0.05) is 0 Å². The number of aryl methyl sites for hydroxylation is 1. The number of hydrogen-bond donors (Lipinski definition) is 1. The number of rotatable bonds is 6. The standard InChI is InChI=1S/C17H25N5O3/c1-11(2)20(3)8-6-7-18-15(23)12-9-13-14(19-10-12)21(4)17(25)22(5)16(13)24/h9-11H,6-8H2,1-5H3,(H,18,23). The van der Waals surface area contributed by atoms with Gasteiger partial charge in [-0.3, -0.25) is 18.7 Å². The highest BCUT2D eigenvalue weighted by Crippen LogP contribution is 2.07. The van der Waals surface area contributed by atoms with E-state index in [-0.39, 0.29) is 16.9 Å². The lowest BCUT2D eigenvalue weighted by Crippen LogP contribution is -2.37. The van der Waals surface area contributed by atoms with Gasteiger partial charge in [0.15, 0.2) is 0 Å². The Morgan fingerprint density at radius 1 is 1.28 bits per heavy atom. The lowest BCUT2D eigenvalue weighted by molar-refractivity contribution is 0.0951. The number of fused-ring (bicyclic) bond motifs is 1.